The second-order valence-electron chi connectivity index (χ2n) is 4.70. The zero-order chi connectivity index (χ0) is 12.7. The molecule has 0 spiro atoms. The minimum absolute atomic E-state index is 0.000283. The predicted octanol–water partition coefficient (Wildman–Crippen LogP) is 2.21. The molecular formula is C12H17NO4. The molecule has 1 fully saturated rings. The van der Waals surface area contributed by atoms with Gasteiger partial charge in [0.1, 0.15) is 0 Å². The minimum atomic E-state index is -1.08. The molecule has 1 aliphatic rings. The van der Waals surface area contributed by atoms with Crippen LogP contribution in [-0.2, 0) is 4.74 Å². The van der Waals surface area contributed by atoms with Crippen molar-refractivity contribution < 1.29 is 19.1 Å². The average molecular weight is 239 g/mol. The monoisotopic (exact) mass is 239 g/mol. The first-order valence-corrected chi connectivity index (χ1v) is 5.78. The smallest absolute Gasteiger partial charge is 0.373 e. The Morgan fingerprint density at radius 2 is 1.94 bits per heavy atom. The molecule has 1 saturated heterocycles. The van der Waals surface area contributed by atoms with Gasteiger partial charge in [-0.2, -0.15) is 0 Å². The standard InChI is InChI=1S/C12H17NO4/c1-5-7(3)16-8(4)9(5)11-13-6(2)10(17-11)12(14)15/h5,7-9H,1-4H3,(H,14,15). The van der Waals surface area contributed by atoms with Gasteiger partial charge in [-0.3, -0.25) is 0 Å². The lowest BCUT2D eigenvalue weighted by atomic mass is 9.89. The van der Waals surface area contributed by atoms with Crippen molar-refractivity contribution in [2.75, 3.05) is 0 Å². The highest BCUT2D eigenvalue weighted by Gasteiger charge is 2.41. The van der Waals surface area contributed by atoms with E-state index in [1.54, 1.807) is 6.92 Å². The highest BCUT2D eigenvalue weighted by Crippen LogP contribution is 2.39. The van der Waals surface area contributed by atoms with Gasteiger partial charge in [0.2, 0.25) is 11.7 Å². The van der Waals surface area contributed by atoms with Gasteiger partial charge in [-0.25, -0.2) is 9.78 Å². The Kier molecular flexibility index (Phi) is 2.95. The summed E-state index contributed by atoms with van der Waals surface area (Å²) in [7, 11) is 0. The van der Waals surface area contributed by atoms with Gasteiger partial charge in [0.25, 0.3) is 0 Å². The number of nitrogens with zero attached hydrogens (tertiary/aromatic N) is 1. The molecular weight excluding hydrogens is 222 g/mol. The third kappa shape index (κ3) is 1.95. The SMILES string of the molecule is Cc1nc(C2C(C)OC(C)C2C)oc1C(=O)O. The van der Waals surface area contributed by atoms with Crippen molar-refractivity contribution in [3.63, 3.8) is 0 Å². The number of rotatable bonds is 2. The minimum Gasteiger partial charge on any atom is -0.475 e. The summed E-state index contributed by atoms with van der Waals surface area (Å²) in [6, 6.07) is 0. The zero-order valence-electron chi connectivity index (χ0n) is 10.4. The Balaban J connectivity index is 2.34. The fraction of sp³-hybridized carbons (Fsp3) is 0.667. The summed E-state index contributed by atoms with van der Waals surface area (Å²) in [6.45, 7) is 7.68. The number of aryl methyl sites for hydroxylation is 1. The molecule has 0 saturated carbocycles. The second-order valence-corrected chi connectivity index (χ2v) is 4.70. The van der Waals surface area contributed by atoms with E-state index in [2.05, 4.69) is 11.9 Å². The van der Waals surface area contributed by atoms with Crippen molar-refractivity contribution in [2.24, 2.45) is 5.92 Å². The summed E-state index contributed by atoms with van der Waals surface area (Å²) in [6.07, 6.45) is 0.134. The van der Waals surface area contributed by atoms with Crippen LogP contribution in [0.25, 0.3) is 0 Å². The van der Waals surface area contributed by atoms with Crippen LogP contribution < -0.4 is 0 Å². The molecule has 5 heteroatoms. The molecule has 2 rings (SSSR count). The van der Waals surface area contributed by atoms with Crippen LogP contribution >= 0.6 is 0 Å². The fourth-order valence-electron chi connectivity index (χ4n) is 2.45. The first-order valence-electron chi connectivity index (χ1n) is 5.78. The van der Waals surface area contributed by atoms with Crippen LogP contribution in [0.3, 0.4) is 0 Å². The fourth-order valence-corrected chi connectivity index (χ4v) is 2.45. The summed E-state index contributed by atoms with van der Waals surface area (Å²) in [5.74, 6) is -0.377. The van der Waals surface area contributed by atoms with E-state index in [0.29, 0.717) is 11.6 Å². The van der Waals surface area contributed by atoms with E-state index in [1.165, 1.54) is 0 Å². The molecule has 1 aromatic heterocycles. The predicted molar refractivity (Wildman–Crippen MR) is 60.1 cm³/mol. The van der Waals surface area contributed by atoms with Gasteiger partial charge < -0.3 is 14.3 Å². The van der Waals surface area contributed by atoms with Crippen LogP contribution in [0.2, 0.25) is 0 Å². The molecule has 1 aromatic rings. The number of hydrogen-bond acceptors (Lipinski definition) is 4. The van der Waals surface area contributed by atoms with Crippen molar-refractivity contribution in [2.45, 2.75) is 45.8 Å². The first-order chi connectivity index (χ1) is 7.91. The normalized spacial score (nSPS) is 32.9. The van der Waals surface area contributed by atoms with E-state index in [1.807, 2.05) is 13.8 Å². The van der Waals surface area contributed by atoms with Gasteiger partial charge in [0.05, 0.1) is 23.8 Å². The quantitative estimate of drug-likeness (QED) is 0.856. The summed E-state index contributed by atoms with van der Waals surface area (Å²) in [5.41, 5.74) is 0.423. The molecule has 4 atom stereocenters. The Morgan fingerprint density at radius 3 is 2.35 bits per heavy atom. The molecule has 5 nitrogen and oxygen atoms in total. The van der Waals surface area contributed by atoms with Gasteiger partial charge in [0.15, 0.2) is 0 Å². The molecule has 0 amide bonds. The summed E-state index contributed by atoms with van der Waals surface area (Å²) in [4.78, 5) is 15.1. The average Bonchev–Trinajstić information content (AvgIpc) is 2.70. The first kappa shape index (κ1) is 12.1. The van der Waals surface area contributed by atoms with E-state index >= 15 is 0 Å². The maximum Gasteiger partial charge on any atom is 0.373 e. The molecule has 94 valence electrons. The zero-order valence-corrected chi connectivity index (χ0v) is 10.4. The number of ether oxygens (including phenoxy) is 1. The molecule has 0 bridgehead atoms. The molecule has 1 aliphatic heterocycles. The van der Waals surface area contributed by atoms with Crippen molar-refractivity contribution in [3.8, 4) is 0 Å². The van der Waals surface area contributed by atoms with Crippen LogP contribution in [0.15, 0.2) is 4.42 Å². The van der Waals surface area contributed by atoms with E-state index < -0.39 is 5.97 Å². The molecule has 1 N–H and O–H groups in total. The van der Waals surface area contributed by atoms with Gasteiger partial charge in [0, 0.05) is 0 Å². The highest BCUT2D eigenvalue weighted by molar-refractivity contribution is 5.85. The number of aromatic nitrogens is 1. The lowest BCUT2D eigenvalue weighted by Gasteiger charge is -2.13. The number of hydrogen-bond donors (Lipinski definition) is 1. The van der Waals surface area contributed by atoms with Crippen LogP contribution in [-0.4, -0.2) is 28.3 Å². The Labute approximate surface area is 99.8 Å². The number of carboxylic acid groups (broad SMARTS) is 1. The number of carboxylic acids is 1. The summed E-state index contributed by atoms with van der Waals surface area (Å²) < 4.78 is 11.1. The summed E-state index contributed by atoms with van der Waals surface area (Å²) >= 11 is 0. The third-order valence-corrected chi connectivity index (χ3v) is 3.53. The van der Waals surface area contributed by atoms with Crippen LogP contribution in [0.4, 0.5) is 0 Å². The third-order valence-electron chi connectivity index (χ3n) is 3.53. The topological polar surface area (TPSA) is 72.6 Å². The Morgan fingerprint density at radius 1 is 1.29 bits per heavy atom. The molecule has 17 heavy (non-hydrogen) atoms. The van der Waals surface area contributed by atoms with Crippen molar-refractivity contribution >= 4 is 5.97 Å². The summed E-state index contributed by atoms with van der Waals surface area (Å²) in [5, 5.41) is 8.94. The number of oxazole rings is 1. The number of aromatic carboxylic acids is 1. The Bertz CT molecular complexity index is 440. The van der Waals surface area contributed by atoms with Crippen molar-refractivity contribution in [1.82, 2.24) is 4.98 Å². The van der Waals surface area contributed by atoms with Crippen LogP contribution in [0.5, 0.6) is 0 Å². The van der Waals surface area contributed by atoms with Crippen molar-refractivity contribution in [3.05, 3.63) is 17.3 Å². The van der Waals surface area contributed by atoms with Gasteiger partial charge in [-0.1, -0.05) is 6.92 Å². The largest absolute Gasteiger partial charge is 0.475 e. The van der Waals surface area contributed by atoms with E-state index in [-0.39, 0.29) is 29.8 Å². The Hall–Kier alpha value is -1.36. The van der Waals surface area contributed by atoms with Gasteiger partial charge in [-0.05, 0) is 26.7 Å². The lowest BCUT2D eigenvalue weighted by molar-refractivity contribution is 0.0539. The second kappa shape index (κ2) is 4.14. The molecule has 0 aromatic carbocycles. The van der Waals surface area contributed by atoms with Gasteiger partial charge >= 0.3 is 5.97 Å². The molecule has 0 radical (unpaired) electrons. The van der Waals surface area contributed by atoms with Gasteiger partial charge in [-0.15, -0.1) is 0 Å². The van der Waals surface area contributed by atoms with E-state index in [9.17, 15) is 4.79 Å². The number of carbonyl (C=O) groups is 1. The molecule has 2 heterocycles. The van der Waals surface area contributed by atoms with Crippen LogP contribution in [0.1, 0.15) is 48.8 Å². The van der Waals surface area contributed by atoms with E-state index in [0.717, 1.165) is 0 Å². The maximum absolute atomic E-state index is 10.9. The maximum atomic E-state index is 10.9. The van der Waals surface area contributed by atoms with Crippen LogP contribution in [0, 0.1) is 12.8 Å². The lowest BCUT2D eigenvalue weighted by Crippen LogP contribution is -2.15. The molecule has 4 unspecified atom stereocenters. The highest BCUT2D eigenvalue weighted by atomic mass is 16.5. The van der Waals surface area contributed by atoms with E-state index in [4.69, 9.17) is 14.3 Å². The molecule has 0 aliphatic carbocycles. The van der Waals surface area contributed by atoms with Crippen molar-refractivity contribution in [1.29, 1.82) is 0 Å².